The fraction of sp³-hybridized carbons (Fsp3) is 0.486. The van der Waals surface area contributed by atoms with Crippen LogP contribution in [0.5, 0.6) is 0 Å². The van der Waals surface area contributed by atoms with E-state index >= 15 is 0 Å². The molecule has 3 atom stereocenters. The number of para-hydroxylation sites is 1. The Hall–Kier alpha value is -4.54. The molecule has 0 radical (unpaired) electrons. The maximum absolute atomic E-state index is 13.9. The molecule has 2 unspecified atom stereocenters. The standard InChI is InChI=1S/C35H48N4O7/c1-23(26-21-37-27-18-12-11-17-25(26)27)29(39-33(43)46-35(5,6)7)30(40)38-28(31(41)45-34(2,3)4)19-13-14-20-36-32(42)44-22-24-15-9-8-10-16-24/h8-12,15-18,21,23,28-29,37H,13-14,19-20,22H2,1-7H3,(H,36,42)(H,38,40)(H,39,43)/t23-,28?,29?/m0/s1. The van der Waals surface area contributed by atoms with Gasteiger partial charge in [0.2, 0.25) is 5.91 Å². The highest BCUT2D eigenvalue weighted by molar-refractivity contribution is 5.92. The SMILES string of the molecule is C[C@@H](c1c[nH]c2ccccc12)C(NC(=O)OC(C)(C)C)C(=O)NC(CCCCNC(=O)OCc1ccccc1)C(=O)OC(C)(C)C. The van der Waals surface area contributed by atoms with Gasteiger partial charge in [0.1, 0.15) is 29.9 Å². The van der Waals surface area contributed by atoms with E-state index in [1.165, 1.54) is 0 Å². The molecule has 250 valence electrons. The summed E-state index contributed by atoms with van der Waals surface area (Å²) < 4.78 is 16.3. The Labute approximate surface area is 271 Å². The first-order valence-corrected chi connectivity index (χ1v) is 15.7. The molecule has 0 aliphatic rings. The van der Waals surface area contributed by atoms with Gasteiger partial charge in [-0.05, 0) is 78.0 Å². The highest BCUT2D eigenvalue weighted by Gasteiger charge is 2.35. The lowest BCUT2D eigenvalue weighted by molar-refractivity contribution is -0.159. The molecule has 1 heterocycles. The van der Waals surface area contributed by atoms with E-state index in [0.717, 1.165) is 22.0 Å². The van der Waals surface area contributed by atoms with Gasteiger partial charge < -0.3 is 35.1 Å². The number of fused-ring (bicyclic) bond motifs is 1. The van der Waals surface area contributed by atoms with Crippen LogP contribution in [-0.4, -0.2) is 58.9 Å². The van der Waals surface area contributed by atoms with Gasteiger partial charge in [-0.15, -0.1) is 0 Å². The number of H-pyrrole nitrogens is 1. The average Bonchev–Trinajstić information content (AvgIpc) is 3.40. The van der Waals surface area contributed by atoms with Crippen LogP contribution >= 0.6 is 0 Å². The average molecular weight is 637 g/mol. The number of aromatic amines is 1. The fourth-order valence-corrected chi connectivity index (χ4v) is 4.82. The van der Waals surface area contributed by atoms with Gasteiger partial charge in [-0.1, -0.05) is 55.5 Å². The maximum atomic E-state index is 13.9. The molecule has 0 bridgehead atoms. The molecular formula is C35H48N4O7. The predicted molar refractivity (Wildman–Crippen MR) is 176 cm³/mol. The number of amides is 3. The zero-order chi connectivity index (χ0) is 33.9. The normalized spacial score (nSPS) is 13.6. The van der Waals surface area contributed by atoms with Crippen LogP contribution in [0.25, 0.3) is 10.9 Å². The van der Waals surface area contributed by atoms with Gasteiger partial charge in [0.05, 0.1) is 0 Å². The molecule has 3 aromatic rings. The van der Waals surface area contributed by atoms with E-state index in [2.05, 4.69) is 20.9 Å². The van der Waals surface area contributed by atoms with Crippen molar-refractivity contribution >= 4 is 35.0 Å². The number of unbranched alkanes of at least 4 members (excludes halogenated alkanes) is 1. The summed E-state index contributed by atoms with van der Waals surface area (Å²) in [7, 11) is 0. The molecule has 0 fully saturated rings. The molecule has 3 amide bonds. The molecule has 0 spiro atoms. The first kappa shape index (κ1) is 35.9. The summed E-state index contributed by atoms with van der Waals surface area (Å²) in [5, 5.41) is 9.18. The first-order chi connectivity index (χ1) is 21.6. The molecule has 0 saturated heterocycles. The van der Waals surface area contributed by atoms with Gasteiger partial charge in [0.15, 0.2) is 0 Å². The largest absolute Gasteiger partial charge is 0.458 e. The molecule has 2 aromatic carbocycles. The second-order valence-corrected chi connectivity index (χ2v) is 13.3. The zero-order valence-corrected chi connectivity index (χ0v) is 27.9. The van der Waals surface area contributed by atoms with Crippen LogP contribution in [0.15, 0.2) is 60.8 Å². The lowest BCUT2D eigenvalue weighted by Gasteiger charge is -2.29. The van der Waals surface area contributed by atoms with E-state index in [-0.39, 0.29) is 13.0 Å². The molecule has 11 heteroatoms. The molecule has 46 heavy (non-hydrogen) atoms. The van der Waals surface area contributed by atoms with E-state index in [1.807, 2.05) is 67.7 Å². The van der Waals surface area contributed by atoms with Crippen molar-refractivity contribution in [2.24, 2.45) is 0 Å². The number of rotatable bonds is 13. The molecule has 0 aliphatic carbocycles. The summed E-state index contributed by atoms with van der Waals surface area (Å²) in [4.78, 5) is 55.3. The van der Waals surface area contributed by atoms with E-state index in [9.17, 15) is 19.2 Å². The number of aromatic nitrogens is 1. The van der Waals surface area contributed by atoms with Crippen LogP contribution in [0.3, 0.4) is 0 Å². The van der Waals surface area contributed by atoms with E-state index in [1.54, 1.807) is 41.5 Å². The lowest BCUT2D eigenvalue weighted by atomic mass is 9.92. The predicted octanol–water partition coefficient (Wildman–Crippen LogP) is 6.09. The second-order valence-electron chi connectivity index (χ2n) is 13.3. The molecule has 4 N–H and O–H groups in total. The van der Waals surface area contributed by atoms with Crippen molar-refractivity contribution < 1.29 is 33.4 Å². The Morgan fingerprint density at radius 2 is 1.46 bits per heavy atom. The maximum Gasteiger partial charge on any atom is 0.408 e. The van der Waals surface area contributed by atoms with Crippen LogP contribution in [0.4, 0.5) is 9.59 Å². The molecule has 11 nitrogen and oxygen atoms in total. The van der Waals surface area contributed by atoms with E-state index in [4.69, 9.17) is 14.2 Å². The Morgan fingerprint density at radius 1 is 0.804 bits per heavy atom. The minimum atomic E-state index is -1.07. The quantitative estimate of drug-likeness (QED) is 0.101. The number of esters is 1. The van der Waals surface area contributed by atoms with Crippen LogP contribution in [0.1, 0.15) is 84.8 Å². The van der Waals surface area contributed by atoms with Crippen molar-refractivity contribution in [2.75, 3.05) is 6.54 Å². The van der Waals surface area contributed by atoms with Crippen LogP contribution in [-0.2, 0) is 30.4 Å². The number of carbonyl (C=O) groups excluding carboxylic acids is 4. The summed E-state index contributed by atoms with van der Waals surface area (Å²) in [6.45, 7) is 12.8. The van der Waals surface area contributed by atoms with Crippen LogP contribution < -0.4 is 16.0 Å². The topological polar surface area (TPSA) is 148 Å². The highest BCUT2D eigenvalue weighted by Crippen LogP contribution is 2.28. The number of benzene rings is 2. The monoisotopic (exact) mass is 636 g/mol. The first-order valence-electron chi connectivity index (χ1n) is 15.7. The highest BCUT2D eigenvalue weighted by atomic mass is 16.6. The Balaban J connectivity index is 1.69. The van der Waals surface area contributed by atoms with Crippen molar-refractivity contribution in [1.82, 2.24) is 20.9 Å². The van der Waals surface area contributed by atoms with Crippen molar-refractivity contribution in [1.29, 1.82) is 0 Å². The lowest BCUT2D eigenvalue weighted by Crippen LogP contribution is -2.54. The number of hydrogen-bond acceptors (Lipinski definition) is 7. The van der Waals surface area contributed by atoms with Crippen molar-refractivity contribution in [3.8, 4) is 0 Å². The molecule has 0 aliphatic heterocycles. The van der Waals surface area contributed by atoms with Gasteiger partial charge in [0, 0.05) is 29.6 Å². The van der Waals surface area contributed by atoms with E-state index in [0.29, 0.717) is 19.4 Å². The van der Waals surface area contributed by atoms with Crippen LogP contribution in [0.2, 0.25) is 0 Å². The number of alkyl carbamates (subject to hydrolysis) is 2. The number of hydrogen-bond donors (Lipinski definition) is 4. The minimum Gasteiger partial charge on any atom is -0.458 e. The van der Waals surface area contributed by atoms with Gasteiger partial charge in [0.25, 0.3) is 0 Å². The summed E-state index contributed by atoms with van der Waals surface area (Å²) in [6, 6.07) is 15.0. The second kappa shape index (κ2) is 16.1. The zero-order valence-electron chi connectivity index (χ0n) is 27.9. The Bertz CT molecular complexity index is 1460. The third-order valence-electron chi connectivity index (χ3n) is 6.98. The number of nitrogens with one attached hydrogen (secondary N) is 4. The summed E-state index contributed by atoms with van der Waals surface area (Å²) >= 11 is 0. The van der Waals surface area contributed by atoms with Crippen molar-refractivity contribution in [3.05, 3.63) is 71.9 Å². The summed E-state index contributed by atoms with van der Waals surface area (Å²) in [5.74, 6) is -1.64. The Morgan fingerprint density at radius 3 is 2.13 bits per heavy atom. The van der Waals surface area contributed by atoms with Gasteiger partial charge >= 0.3 is 18.2 Å². The summed E-state index contributed by atoms with van der Waals surface area (Å²) in [5.41, 5.74) is 1.04. The van der Waals surface area contributed by atoms with Crippen molar-refractivity contribution in [2.45, 2.75) is 104 Å². The Kier molecular flexibility index (Phi) is 12.6. The van der Waals surface area contributed by atoms with Crippen molar-refractivity contribution in [3.63, 3.8) is 0 Å². The van der Waals surface area contributed by atoms with E-state index < -0.39 is 53.3 Å². The third kappa shape index (κ3) is 11.8. The molecule has 0 saturated carbocycles. The third-order valence-corrected chi connectivity index (χ3v) is 6.98. The number of carbonyl (C=O) groups is 4. The summed E-state index contributed by atoms with van der Waals surface area (Å²) in [6.07, 6.45) is 1.80. The smallest absolute Gasteiger partial charge is 0.408 e. The van der Waals surface area contributed by atoms with Crippen LogP contribution in [0, 0.1) is 0 Å². The van der Waals surface area contributed by atoms with Gasteiger partial charge in [-0.2, -0.15) is 0 Å². The minimum absolute atomic E-state index is 0.162. The molecule has 3 rings (SSSR count). The number of ether oxygens (including phenoxy) is 3. The molecule has 1 aromatic heterocycles. The van der Waals surface area contributed by atoms with Gasteiger partial charge in [-0.3, -0.25) is 4.79 Å². The van der Waals surface area contributed by atoms with Gasteiger partial charge in [-0.25, -0.2) is 14.4 Å². The fourth-order valence-electron chi connectivity index (χ4n) is 4.82. The molecular weight excluding hydrogens is 588 g/mol.